The van der Waals surface area contributed by atoms with Gasteiger partial charge in [0.25, 0.3) is 0 Å². The molecule has 2 heterocycles. The van der Waals surface area contributed by atoms with Crippen molar-refractivity contribution < 1.29 is 9.53 Å². The fourth-order valence-corrected chi connectivity index (χ4v) is 4.24. The number of ether oxygens (including phenoxy) is 1. The number of carbonyl (C=O) groups is 1. The van der Waals surface area contributed by atoms with Crippen molar-refractivity contribution in [3.8, 4) is 0 Å². The van der Waals surface area contributed by atoms with Crippen molar-refractivity contribution in [1.82, 2.24) is 0 Å². The summed E-state index contributed by atoms with van der Waals surface area (Å²) in [5, 5.41) is 4.41. The molecule has 0 spiro atoms. The predicted molar refractivity (Wildman–Crippen MR) is 105 cm³/mol. The van der Waals surface area contributed by atoms with Crippen LogP contribution in [0.15, 0.2) is 36.4 Å². The summed E-state index contributed by atoms with van der Waals surface area (Å²) < 4.78 is 5.55. The van der Waals surface area contributed by atoms with Gasteiger partial charge < -0.3 is 15.0 Å². The Morgan fingerprint density at radius 2 is 1.88 bits per heavy atom. The van der Waals surface area contributed by atoms with Gasteiger partial charge in [-0.2, -0.15) is 0 Å². The predicted octanol–water partition coefficient (Wildman–Crippen LogP) is 4.24. The Morgan fingerprint density at radius 1 is 1.15 bits per heavy atom. The molecule has 0 aliphatic carbocycles. The van der Waals surface area contributed by atoms with Crippen molar-refractivity contribution in [3.05, 3.63) is 58.1 Å². The molecule has 0 bridgehead atoms. The molecule has 0 unspecified atom stereocenters. The number of likely N-dealkylation sites (N-methyl/N-ethyl adjacent to an activating group) is 1. The second-order valence-corrected chi connectivity index (χ2v) is 8.24. The first kappa shape index (κ1) is 17.4. The molecule has 2 aliphatic heterocycles. The number of nitrogens with zero attached hydrogens (tertiary/aromatic N) is 1. The van der Waals surface area contributed by atoms with Crippen LogP contribution in [0.3, 0.4) is 0 Å². The van der Waals surface area contributed by atoms with E-state index in [1.165, 1.54) is 0 Å². The number of fused-ring (bicyclic) bond motifs is 1. The number of hydrogen-bond donors (Lipinski definition) is 1. The first-order chi connectivity index (χ1) is 12.3. The molecule has 2 aromatic carbocycles. The minimum Gasteiger partial charge on any atom is -0.376 e. The minimum absolute atomic E-state index is 0.122. The van der Waals surface area contributed by atoms with Gasteiger partial charge in [0, 0.05) is 23.4 Å². The molecule has 2 aromatic rings. The van der Waals surface area contributed by atoms with Crippen molar-refractivity contribution in [1.29, 1.82) is 0 Å². The van der Waals surface area contributed by atoms with Gasteiger partial charge in [-0.15, -0.1) is 0 Å². The molecule has 0 atom stereocenters. The quantitative estimate of drug-likeness (QED) is 0.878. The topological polar surface area (TPSA) is 41.6 Å². The van der Waals surface area contributed by atoms with Gasteiger partial charge in [0.15, 0.2) is 0 Å². The second kappa shape index (κ2) is 5.73. The highest BCUT2D eigenvalue weighted by Gasteiger charge is 2.44. The summed E-state index contributed by atoms with van der Waals surface area (Å²) in [4.78, 5) is 14.3. The molecular weight excluding hydrogens is 348 g/mol. The van der Waals surface area contributed by atoms with E-state index in [2.05, 4.69) is 23.5 Å². The van der Waals surface area contributed by atoms with Gasteiger partial charge in [0.05, 0.1) is 18.6 Å². The lowest BCUT2D eigenvalue weighted by molar-refractivity contribution is -0.121. The van der Waals surface area contributed by atoms with Gasteiger partial charge in [-0.1, -0.05) is 29.8 Å². The first-order valence-electron chi connectivity index (χ1n) is 8.80. The van der Waals surface area contributed by atoms with E-state index in [9.17, 15) is 4.79 Å². The van der Waals surface area contributed by atoms with Crippen LogP contribution in [0, 0.1) is 6.92 Å². The van der Waals surface area contributed by atoms with E-state index in [4.69, 9.17) is 16.3 Å². The fraction of sp³-hybridized carbons (Fsp3) is 0.381. The molecule has 136 valence electrons. The second-order valence-electron chi connectivity index (χ2n) is 7.83. The number of halogens is 1. The number of amides is 1. The number of carbonyl (C=O) groups excluding carboxylic acids is 1. The van der Waals surface area contributed by atoms with E-state index in [1.54, 1.807) is 4.90 Å². The third-order valence-corrected chi connectivity index (χ3v) is 6.14. The van der Waals surface area contributed by atoms with E-state index in [0.29, 0.717) is 13.2 Å². The number of rotatable bonds is 3. The third kappa shape index (κ3) is 2.36. The number of anilines is 2. The Hall–Kier alpha value is -2.04. The monoisotopic (exact) mass is 370 g/mol. The lowest BCUT2D eigenvalue weighted by atomic mass is 9.84. The largest absolute Gasteiger partial charge is 0.376 e. The molecule has 1 N–H and O–H groups in total. The van der Waals surface area contributed by atoms with E-state index >= 15 is 0 Å². The summed E-state index contributed by atoms with van der Waals surface area (Å²) in [6, 6.07) is 12.1. The van der Waals surface area contributed by atoms with E-state index in [1.807, 2.05) is 46.0 Å². The van der Waals surface area contributed by atoms with Crippen LogP contribution >= 0.6 is 11.6 Å². The molecule has 4 nitrogen and oxygen atoms in total. The minimum atomic E-state index is -0.483. The van der Waals surface area contributed by atoms with Crippen molar-refractivity contribution in [2.75, 3.05) is 30.5 Å². The van der Waals surface area contributed by atoms with Crippen LogP contribution in [0.25, 0.3) is 0 Å². The van der Waals surface area contributed by atoms with Crippen LogP contribution in [0.5, 0.6) is 0 Å². The average Bonchev–Trinajstić information content (AvgIpc) is 2.75. The molecule has 5 heteroatoms. The van der Waals surface area contributed by atoms with Gasteiger partial charge in [0.1, 0.15) is 5.54 Å². The third-order valence-electron chi connectivity index (χ3n) is 5.74. The zero-order chi connectivity index (χ0) is 18.7. The van der Waals surface area contributed by atoms with Crippen LogP contribution in [-0.2, 0) is 20.5 Å². The maximum atomic E-state index is 12.5. The molecule has 0 aromatic heterocycles. The molecule has 4 rings (SSSR count). The molecule has 0 radical (unpaired) electrons. The fourth-order valence-electron chi connectivity index (χ4n) is 4.06. The first-order valence-corrected chi connectivity index (χ1v) is 9.18. The van der Waals surface area contributed by atoms with Gasteiger partial charge >= 0.3 is 0 Å². The highest BCUT2D eigenvalue weighted by Crippen LogP contribution is 2.43. The van der Waals surface area contributed by atoms with E-state index in [-0.39, 0.29) is 11.4 Å². The Kier molecular flexibility index (Phi) is 3.83. The standard InChI is InChI=1S/C21H23ClN2O2/c1-13-15(6-5-7-17(13)22)21(11-26-12-21)23-14-8-9-16-18(10-14)24(4)19(25)20(16,2)3/h5-10,23H,11-12H2,1-4H3. The summed E-state index contributed by atoms with van der Waals surface area (Å²) in [5.41, 5.74) is 4.45. The maximum absolute atomic E-state index is 12.5. The zero-order valence-corrected chi connectivity index (χ0v) is 16.3. The van der Waals surface area contributed by atoms with Crippen molar-refractivity contribution in [2.45, 2.75) is 31.7 Å². The van der Waals surface area contributed by atoms with Crippen LogP contribution < -0.4 is 10.2 Å². The number of benzene rings is 2. The lowest BCUT2D eigenvalue weighted by Crippen LogP contribution is -2.53. The highest BCUT2D eigenvalue weighted by molar-refractivity contribution is 6.31. The normalized spacial score (nSPS) is 19.9. The van der Waals surface area contributed by atoms with Crippen LogP contribution in [0.2, 0.25) is 5.02 Å². The molecule has 1 fully saturated rings. The Balaban J connectivity index is 1.72. The molecule has 1 saturated heterocycles. The SMILES string of the molecule is Cc1c(Cl)cccc1C1(Nc2ccc3c(c2)N(C)C(=O)C3(C)C)COC1. The summed E-state index contributed by atoms with van der Waals surface area (Å²) in [6.07, 6.45) is 0. The summed E-state index contributed by atoms with van der Waals surface area (Å²) >= 11 is 6.33. The van der Waals surface area contributed by atoms with Crippen molar-refractivity contribution in [2.24, 2.45) is 0 Å². The Bertz CT molecular complexity index is 903. The van der Waals surface area contributed by atoms with Crippen LogP contribution in [-0.4, -0.2) is 26.2 Å². The van der Waals surface area contributed by atoms with Gasteiger partial charge in [-0.3, -0.25) is 4.79 Å². The van der Waals surface area contributed by atoms with E-state index < -0.39 is 5.41 Å². The molecule has 26 heavy (non-hydrogen) atoms. The molecule has 2 aliphatic rings. The smallest absolute Gasteiger partial charge is 0.236 e. The van der Waals surface area contributed by atoms with Crippen LogP contribution in [0.1, 0.15) is 30.5 Å². The van der Waals surface area contributed by atoms with Crippen LogP contribution in [0.4, 0.5) is 11.4 Å². The van der Waals surface area contributed by atoms with Crippen molar-refractivity contribution in [3.63, 3.8) is 0 Å². The Morgan fingerprint density at radius 3 is 2.54 bits per heavy atom. The Labute approximate surface area is 159 Å². The highest BCUT2D eigenvalue weighted by atomic mass is 35.5. The molecule has 0 saturated carbocycles. The average molecular weight is 371 g/mol. The zero-order valence-electron chi connectivity index (χ0n) is 15.5. The molecule has 1 amide bonds. The molecular formula is C21H23ClN2O2. The summed E-state index contributed by atoms with van der Waals surface area (Å²) in [5.74, 6) is 0.122. The van der Waals surface area contributed by atoms with Crippen molar-refractivity contribution >= 4 is 28.9 Å². The van der Waals surface area contributed by atoms with Gasteiger partial charge in [-0.25, -0.2) is 0 Å². The number of hydrogen-bond acceptors (Lipinski definition) is 3. The van der Waals surface area contributed by atoms with Gasteiger partial charge in [0.2, 0.25) is 5.91 Å². The van der Waals surface area contributed by atoms with Gasteiger partial charge in [-0.05, 0) is 55.7 Å². The van der Waals surface area contributed by atoms with E-state index in [0.717, 1.165) is 33.1 Å². The maximum Gasteiger partial charge on any atom is 0.236 e. The lowest BCUT2D eigenvalue weighted by Gasteiger charge is -2.44. The summed E-state index contributed by atoms with van der Waals surface area (Å²) in [7, 11) is 1.84. The summed E-state index contributed by atoms with van der Waals surface area (Å²) in [6.45, 7) is 7.16. The number of nitrogens with one attached hydrogen (secondary N) is 1.